The molecule has 4 nitrogen and oxygen atoms in total. The molecule has 7 heavy (non-hydrogen) atoms. The van der Waals surface area contributed by atoms with Crippen molar-refractivity contribution >= 4 is 0 Å². The van der Waals surface area contributed by atoms with E-state index in [1.807, 2.05) is 0 Å². The second-order valence-corrected chi connectivity index (χ2v) is 0.563. The van der Waals surface area contributed by atoms with Crippen LogP contribution in [0, 0.1) is 0 Å². The van der Waals surface area contributed by atoms with Gasteiger partial charge in [0.05, 0.1) is 0 Å². The van der Waals surface area contributed by atoms with Gasteiger partial charge in [-0.15, -0.1) is 18.3 Å². The molecular formula is C3H6N4. The average Bonchev–Trinajstić information content (AvgIpc) is 2.23. The Kier molecular flexibility index (Phi) is 3.99. The van der Waals surface area contributed by atoms with Crippen LogP contribution in [-0.2, 0) is 0 Å². The molecule has 0 amide bonds. The SMILES string of the molecule is C=C.c1nnn[nH]1. The first-order chi connectivity index (χ1) is 3.50. The Morgan fingerprint density at radius 2 is 2.14 bits per heavy atom. The maximum Gasteiger partial charge on any atom is 0.135 e. The summed E-state index contributed by atoms with van der Waals surface area (Å²) >= 11 is 0. The van der Waals surface area contributed by atoms with E-state index in [-0.39, 0.29) is 0 Å². The van der Waals surface area contributed by atoms with Crippen molar-refractivity contribution in [3.05, 3.63) is 19.5 Å². The van der Waals surface area contributed by atoms with Crippen LogP contribution in [0.2, 0.25) is 0 Å². The monoisotopic (exact) mass is 98.1 g/mol. The van der Waals surface area contributed by atoms with Gasteiger partial charge in [0.1, 0.15) is 6.33 Å². The van der Waals surface area contributed by atoms with Crippen molar-refractivity contribution in [3.63, 3.8) is 0 Å². The van der Waals surface area contributed by atoms with E-state index in [1.165, 1.54) is 6.33 Å². The van der Waals surface area contributed by atoms with Gasteiger partial charge in [0.2, 0.25) is 0 Å². The molecule has 0 aliphatic rings. The Morgan fingerprint density at radius 1 is 1.43 bits per heavy atom. The lowest BCUT2D eigenvalue weighted by Gasteiger charge is -1.42. The summed E-state index contributed by atoms with van der Waals surface area (Å²) in [6, 6.07) is 0. The number of tetrazole rings is 1. The minimum atomic E-state index is 1.40. The number of aromatic nitrogens is 4. The van der Waals surface area contributed by atoms with Crippen LogP contribution in [0.15, 0.2) is 19.5 Å². The largest absolute Gasteiger partial charge is 0.246 e. The summed E-state index contributed by atoms with van der Waals surface area (Å²) in [5, 5.41) is 12.1. The fourth-order valence-electron chi connectivity index (χ4n) is 0.129. The number of rotatable bonds is 0. The number of nitrogens with one attached hydrogen (secondary N) is 1. The molecule has 0 aliphatic heterocycles. The third-order valence-corrected chi connectivity index (χ3v) is 0.270. The summed E-state index contributed by atoms with van der Waals surface area (Å²) in [6.07, 6.45) is 1.40. The lowest BCUT2D eigenvalue weighted by atomic mass is 11.3. The van der Waals surface area contributed by atoms with Gasteiger partial charge in [-0.3, -0.25) is 0 Å². The second-order valence-electron chi connectivity index (χ2n) is 0.563. The molecule has 0 atom stereocenters. The lowest BCUT2D eigenvalue weighted by Crippen LogP contribution is -1.64. The van der Waals surface area contributed by atoms with Crippen molar-refractivity contribution < 1.29 is 0 Å². The van der Waals surface area contributed by atoms with Crippen LogP contribution < -0.4 is 0 Å². The van der Waals surface area contributed by atoms with Gasteiger partial charge in [-0.25, -0.2) is 5.10 Å². The number of hydrogen-bond acceptors (Lipinski definition) is 3. The quantitative estimate of drug-likeness (QED) is 0.465. The highest BCUT2D eigenvalue weighted by Crippen LogP contribution is 1.43. The zero-order valence-electron chi connectivity index (χ0n) is 3.83. The van der Waals surface area contributed by atoms with Crippen molar-refractivity contribution in [1.82, 2.24) is 20.6 Å². The number of H-pyrrole nitrogens is 1. The molecule has 1 N–H and O–H groups in total. The molecule has 1 aromatic heterocycles. The summed E-state index contributed by atoms with van der Waals surface area (Å²) in [5.74, 6) is 0. The maximum absolute atomic E-state index is 3.31. The summed E-state index contributed by atoms with van der Waals surface area (Å²) in [5.41, 5.74) is 0. The molecule has 0 aromatic carbocycles. The van der Waals surface area contributed by atoms with Gasteiger partial charge in [-0.2, -0.15) is 0 Å². The summed E-state index contributed by atoms with van der Waals surface area (Å²) < 4.78 is 0. The van der Waals surface area contributed by atoms with E-state index >= 15 is 0 Å². The Balaban J connectivity index is 0.000000162. The molecule has 0 bridgehead atoms. The Morgan fingerprint density at radius 3 is 2.29 bits per heavy atom. The van der Waals surface area contributed by atoms with Gasteiger partial charge >= 0.3 is 0 Å². The third kappa shape index (κ3) is 2.62. The Labute approximate surface area is 41.3 Å². The number of nitrogens with zero attached hydrogens (tertiary/aromatic N) is 3. The topological polar surface area (TPSA) is 54.5 Å². The molecule has 0 spiro atoms. The molecule has 0 saturated heterocycles. The standard InChI is InChI=1S/C2H4.CH2N4/c1-2;1-2-4-5-3-1/h1-2H2;1H,(H,2,3,4,5). The van der Waals surface area contributed by atoms with Crippen LogP contribution >= 0.6 is 0 Å². The maximum atomic E-state index is 3.31. The van der Waals surface area contributed by atoms with E-state index in [1.54, 1.807) is 0 Å². The molecule has 0 aliphatic carbocycles. The van der Waals surface area contributed by atoms with Crippen molar-refractivity contribution in [2.75, 3.05) is 0 Å². The molecule has 38 valence electrons. The van der Waals surface area contributed by atoms with E-state index in [0.29, 0.717) is 0 Å². The number of aromatic amines is 1. The van der Waals surface area contributed by atoms with E-state index in [2.05, 4.69) is 33.8 Å². The summed E-state index contributed by atoms with van der Waals surface area (Å²) in [7, 11) is 0. The van der Waals surface area contributed by atoms with Gasteiger partial charge < -0.3 is 0 Å². The van der Waals surface area contributed by atoms with Crippen molar-refractivity contribution in [2.24, 2.45) is 0 Å². The molecule has 0 saturated carbocycles. The van der Waals surface area contributed by atoms with Crippen LogP contribution in [0.25, 0.3) is 0 Å². The van der Waals surface area contributed by atoms with Crippen LogP contribution in [0.3, 0.4) is 0 Å². The first-order valence-corrected chi connectivity index (χ1v) is 1.67. The highest BCUT2D eigenvalue weighted by Gasteiger charge is 1.58. The smallest absolute Gasteiger partial charge is 0.135 e. The van der Waals surface area contributed by atoms with Crippen LogP contribution in [-0.4, -0.2) is 20.6 Å². The summed E-state index contributed by atoms with van der Waals surface area (Å²) in [6.45, 7) is 6.00. The first-order valence-electron chi connectivity index (χ1n) is 1.67. The third-order valence-electron chi connectivity index (χ3n) is 0.270. The molecule has 1 rings (SSSR count). The Hall–Kier alpha value is -1.19. The van der Waals surface area contributed by atoms with Crippen LogP contribution in [0.4, 0.5) is 0 Å². The van der Waals surface area contributed by atoms with Crippen molar-refractivity contribution in [1.29, 1.82) is 0 Å². The average molecular weight is 98.1 g/mol. The summed E-state index contributed by atoms with van der Waals surface area (Å²) in [4.78, 5) is 0. The Bertz CT molecular complexity index is 73.8. The van der Waals surface area contributed by atoms with Gasteiger partial charge in [-0.1, -0.05) is 0 Å². The molecular weight excluding hydrogens is 92.1 g/mol. The predicted molar refractivity (Wildman–Crippen MR) is 25.4 cm³/mol. The lowest BCUT2D eigenvalue weighted by molar-refractivity contribution is 0.881. The molecule has 0 fully saturated rings. The van der Waals surface area contributed by atoms with E-state index < -0.39 is 0 Å². The fraction of sp³-hybridized carbons (Fsp3) is 0. The minimum absolute atomic E-state index is 1.40. The fourth-order valence-corrected chi connectivity index (χ4v) is 0.129. The van der Waals surface area contributed by atoms with Crippen molar-refractivity contribution in [2.45, 2.75) is 0 Å². The van der Waals surface area contributed by atoms with E-state index in [4.69, 9.17) is 0 Å². The molecule has 0 radical (unpaired) electrons. The van der Waals surface area contributed by atoms with Gasteiger partial charge in [-0.05, 0) is 10.4 Å². The highest BCUT2D eigenvalue weighted by molar-refractivity contribution is 4.24. The molecule has 4 heteroatoms. The number of hydrogen-bond donors (Lipinski definition) is 1. The van der Waals surface area contributed by atoms with Crippen LogP contribution in [0.1, 0.15) is 0 Å². The van der Waals surface area contributed by atoms with E-state index in [9.17, 15) is 0 Å². The zero-order valence-corrected chi connectivity index (χ0v) is 3.83. The molecule has 0 unspecified atom stereocenters. The van der Waals surface area contributed by atoms with Crippen molar-refractivity contribution in [3.8, 4) is 0 Å². The van der Waals surface area contributed by atoms with Gasteiger partial charge in [0.15, 0.2) is 0 Å². The molecule has 1 heterocycles. The normalized spacial score (nSPS) is 6.29. The highest BCUT2D eigenvalue weighted by atomic mass is 15.5. The first kappa shape index (κ1) is 5.81. The van der Waals surface area contributed by atoms with Gasteiger partial charge in [0, 0.05) is 0 Å². The molecule has 1 aromatic rings. The van der Waals surface area contributed by atoms with Gasteiger partial charge in [0.25, 0.3) is 0 Å². The van der Waals surface area contributed by atoms with E-state index in [0.717, 1.165) is 0 Å². The minimum Gasteiger partial charge on any atom is -0.246 e. The van der Waals surface area contributed by atoms with Crippen LogP contribution in [0.5, 0.6) is 0 Å². The zero-order chi connectivity index (χ0) is 5.54. The predicted octanol–water partition coefficient (Wildman–Crippen LogP) is 0.00190. The second kappa shape index (κ2) is 4.81.